The molecule has 0 amide bonds. The first-order valence-corrected chi connectivity index (χ1v) is 8.91. The number of nitrogens with zero attached hydrogens (tertiary/aromatic N) is 1. The first-order valence-electron chi connectivity index (χ1n) is 7.47. The van der Waals surface area contributed by atoms with E-state index in [2.05, 4.69) is 0 Å². The zero-order chi connectivity index (χ0) is 15.6. The summed E-state index contributed by atoms with van der Waals surface area (Å²) in [6.45, 7) is 1.62. The smallest absolute Gasteiger partial charge is 0.243 e. The number of sulfonamides is 1. The van der Waals surface area contributed by atoms with Gasteiger partial charge in [0, 0.05) is 13.1 Å². The highest BCUT2D eigenvalue weighted by Crippen LogP contribution is 2.27. The average molecular weight is 316 g/mol. The molecule has 1 aliphatic heterocycles. The first kappa shape index (κ1) is 15.2. The Morgan fingerprint density at radius 2 is 1.77 bits per heavy atom. The quantitative estimate of drug-likeness (QED) is 0.941. The van der Waals surface area contributed by atoms with Crippen molar-refractivity contribution < 1.29 is 8.42 Å². The Kier molecular flexibility index (Phi) is 4.29. The topological polar surface area (TPSA) is 63.4 Å². The molecule has 3 rings (SSSR count). The monoisotopic (exact) mass is 316 g/mol. The summed E-state index contributed by atoms with van der Waals surface area (Å²) in [6.07, 6.45) is 0.841. The Bertz CT molecular complexity index is 744. The van der Waals surface area contributed by atoms with E-state index in [0.29, 0.717) is 24.5 Å². The summed E-state index contributed by atoms with van der Waals surface area (Å²) >= 11 is 0. The third-order valence-corrected chi connectivity index (χ3v) is 6.02. The maximum atomic E-state index is 12.8. The van der Waals surface area contributed by atoms with E-state index in [0.717, 1.165) is 17.5 Å². The molecule has 0 aromatic heterocycles. The number of hydrogen-bond donors (Lipinski definition) is 1. The molecule has 2 aromatic rings. The first-order chi connectivity index (χ1) is 10.6. The fourth-order valence-electron chi connectivity index (χ4n) is 2.82. The molecule has 5 heteroatoms. The molecule has 116 valence electrons. The minimum absolute atomic E-state index is 0.270. The van der Waals surface area contributed by atoms with Gasteiger partial charge in [-0.2, -0.15) is 4.31 Å². The fourth-order valence-corrected chi connectivity index (χ4v) is 4.40. The van der Waals surface area contributed by atoms with E-state index in [-0.39, 0.29) is 5.92 Å². The average Bonchev–Trinajstić information content (AvgIpc) is 3.06. The molecule has 0 spiro atoms. The van der Waals surface area contributed by atoms with E-state index in [4.69, 9.17) is 5.73 Å². The van der Waals surface area contributed by atoms with Gasteiger partial charge in [-0.15, -0.1) is 0 Å². The van der Waals surface area contributed by atoms with Gasteiger partial charge in [-0.25, -0.2) is 8.42 Å². The van der Waals surface area contributed by atoms with Crippen molar-refractivity contribution in [2.24, 2.45) is 11.7 Å². The number of rotatable bonds is 4. The van der Waals surface area contributed by atoms with Crippen LogP contribution in [0.4, 0.5) is 0 Å². The van der Waals surface area contributed by atoms with Gasteiger partial charge in [0.1, 0.15) is 0 Å². The normalized spacial score (nSPS) is 19.4. The Balaban J connectivity index is 1.92. The lowest BCUT2D eigenvalue weighted by molar-refractivity contribution is 0.459. The molecule has 22 heavy (non-hydrogen) atoms. The molecule has 1 aliphatic rings. The molecular formula is C17H20N2O2S. The Labute approximate surface area is 131 Å². The van der Waals surface area contributed by atoms with Crippen LogP contribution < -0.4 is 5.73 Å². The third-order valence-electron chi connectivity index (χ3n) is 4.16. The van der Waals surface area contributed by atoms with Gasteiger partial charge in [-0.05, 0) is 42.1 Å². The van der Waals surface area contributed by atoms with E-state index in [1.807, 2.05) is 36.4 Å². The van der Waals surface area contributed by atoms with Gasteiger partial charge in [0.05, 0.1) is 4.90 Å². The summed E-state index contributed by atoms with van der Waals surface area (Å²) in [5.74, 6) is 0.270. The predicted molar refractivity (Wildman–Crippen MR) is 87.8 cm³/mol. The van der Waals surface area contributed by atoms with Gasteiger partial charge in [-0.3, -0.25) is 0 Å². The van der Waals surface area contributed by atoms with Crippen molar-refractivity contribution in [2.45, 2.75) is 11.3 Å². The highest BCUT2D eigenvalue weighted by Gasteiger charge is 2.31. The van der Waals surface area contributed by atoms with Crippen molar-refractivity contribution in [3.05, 3.63) is 54.6 Å². The fraction of sp³-hybridized carbons (Fsp3) is 0.294. The summed E-state index contributed by atoms with van der Waals surface area (Å²) < 4.78 is 27.1. The van der Waals surface area contributed by atoms with Crippen LogP contribution in [0.15, 0.2) is 59.5 Å². The van der Waals surface area contributed by atoms with E-state index < -0.39 is 10.0 Å². The number of nitrogens with two attached hydrogens (primary N) is 1. The predicted octanol–water partition coefficient (Wildman–Crippen LogP) is 2.32. The van der Waals surface area contributed by atoms with Crippen molar-refractivity contribution in [1.82, 2.24) is 4.31 Å². The van der Waals surface area contributed by atoms with Gasteiger partial charge >= 0.3 is 0 Å². The molecule has 0 radical (unpaired) electrons. The number of hydrogen-bond acceptors (Lipinski definition) is 3. The Morgan fingerprint density at radius 3 is 2.45 bits per heavy atom. The third kappa shape index (κ3) is 2.92. The van der Waals surface area contributed by atoms with Crippen molar-refractivity contribution in [3.8, 4) is 11.1 Å². The highest BCUT2D eigenvalue weighted by molar-refractivity contribution is 7.89. The standard InChI is InChI=1S/C17H20N2O2S/c18-12-14-9-10-19(13-14)22(20,21)17-8-4-7-16(11-17)15-5-2-1-3-6-15/h1-8,11,14H,9-10,12-13,18H2. The molecule has 0 bridgehead atoms. The lowest BCUT2D eigenvalue weighted by Crippen LogP contribution is -2.30. The van der Waals surface area contributed by atoms with Crippen LogP contribution in [0.5, 0.6) is 0 Å². The van der Waals surface area contributed by atoms with Crippen LogP contribution in [0, 0.1) is 5.92 Å². The minimum atomic E-state index is -3.43. The second-order valence-corrected chi connectivity index (χ2v) is 7.59. The van der Waals surface area contributed by atoms with Crippen molar-refractivity contribution in [2.75, 3.05) is 19.6 Å². The zero-order valence-electron chi connectivity index (χ0n) is 12.4. The molecule has 1 saturated heterocycles. The number of benzene rings is 2. The minimum Gasteiger partial charge on any atom is -0.330 e. The van der Waals surface area contributed by atoms with Gasteiger partial charge < -0.3 is 5.73 Å². The molecule has 2 N–H and O–H groups in total. The molecule has 1 unspecified atom stereocenters. The van der Waals surface area contributed by atoms with Gasteiger partial charge in [0.15, 0.2) is 0 Å². The maximum absolute atomic E-state index is 12.8. The molecular weight excluding hydrogens is 296 g/mol. The summed E-state index contributed by atoms with van der Waals surface area (Å²) in [5.41, 5.74) is 7.58. The second-order valence-electron chi connectivity index (χ2n) is 5.65. The molecule has 0 aliphatic carbocycles. The van der Waals surface area contributed by atoms with Crippen molar-refractivity contribution in [3.63, 3.8) is 0 Å². The SMILES string of the molecule is NCC1CCN(S(=O)(=O)c2cccc(-c3ccccc3)c2)C1. The van der Waals surface area contributed by atoms with Crippen LogP contribution in [0.1, 0.15) is 6.42 Å². The molecule has 1 heterocycles. The molecule has 0 saturated carbocycles. The summed E-state index contributed by atoms with van der Waals surface area (Å²) in [4.78, 5) is 0.353. The Hall–Kier alpha value is -1.69. The van der Waals surface area contributed by atoms with Gasteiger partial charge in [-0.1, -0.05) is 42.5 Å². The van der Waals surface area contributed by atoms with Crippen LogP contribution in [0.25, 0.3) is 11.1 Å². The maximum Gasteiger partial charge on any atom is 0.243 e. The molecule has 4 nitrogen and oxygen atoms in total. The second kappa shape index (κ2) is 6.20. The van der Waals surface area contributed by atoms with E-state index in [1.165, 1.54) is 0 Å². The largest absolute Gasteiger partial charge is 0.330 e. The summed E-state index contributed by atoms with van der Waals surface area (Å²) in [5, 5.41) is 0. The van der Waals surface area contributed by atoms with Crippen molar-refractivity contribution in [1.29, 1.82) is 0 Å². The Morgan fingerprint density at radius 1 is 1.05 bits per heavy atom. The summed E-state index contributed by atoms with van der Waals surface area (Å²) in [6, 6.07) is 16.9. The molecule has 1 fully saturated rings. The van der Waals surface area contributed by atoms with E-state index in [9.17, 15) is 8.42 Å². The lowest BCUT2D eigenvalue weighted by atomic mass is 10.1. The van der Waals surface area contributed by atoms with Crippen molar-refractivity contribution >= 4 is 10.0 Å². The van der Waals surface area contributed by atoms with Crippen LogP contribution >= 0.6 is 0 Å². The summed E-state index contributed by atoms with van der Waals surface area (Å²) in [7, 11) is -3.43. The van der Waals surface area contributed by atoms with E-state index >= 15 is 0 Å². The van der Waals surface area contributed by atoms with E-state index in [1.54, 1.807) is 22.5 Å². The van der Waals surface area contributed by atoms with Crippen LogP contribution in [-0.4, -0.2) is 32.4 Å². The lowest BCUT2D eigenvalue weighted by Gasteiger charge is -2.17. The van der Waals surface area contributed by atoms with Crippen LogP contribution in [-0.2, 0) is 10.0 Å². The van der Waals surface area contributed by atoms with Gasteiger partial charge in [0.25, 0.3) is 0 Å². The molecule has 1 atom stereocenters. The van der Waals surface area contributed by atoms with Crippen LogP contribution in [0.2, 0.25) is 0 Å². The van der Waals surface area contributed by atoms with Gasteiger partial charge in [0.2, 0.25) is 10.0 Å². The zero-order valence-corrected chi connectivity index (χ0v) is 13.2. The van der Waals surface area contributed by atoms with Crippen LogP contribution in [0.3, 0.4) is 0 Å². The molecule has 2 aromatic carbocycles. The highest BCUT2D eigenvalue weighted by atomic mass is 32.2.